The van der Waals surface area contributed by atoms with Crippen molar-refractivity contribution >= 4 is 15.9 Å². The second kappa shape index (κ2) is 5.63. The smallest absolute Gasteiger partial charge is 0.137 e. The summed E-state index contributed by atoms with van der Waals surface area (Å²) in [4.78, 5) is 0. The molecule has 0 saturated heterocycles. The third-order valence-corrected chi connectivity index (χ3v) is 3.55. The van der Waals surface area contributed by atoms with E-state index in [9.17, 15) is 4.39 Å². The summed E-state index contributed by atoms with van der Waals surface area (Å²) >= 11 is 3.16. The van der Waals surface area contributed by atoms with Gasteiger partial charge in [0.1, 0.15) is 5.82 Å². The fraction of sp³-hybridized carbons (Fsp3) is 0.308. The maximum Gasteiger partial charge on any atom is 0.137 e. The van der Waals surface area contributed by atoms with Gasteiger partial charge in [0.15, 0.2) is 0 Å². The highest BCUT2D eigenvalue weighted by Gasteiger charge is 2.17. The highest BCUT2D eigenvalue weighted by Crippen LogP contribution is 2.25. The van der Waals surface area contributed by atoms with Crippen LogP contribution in [0, 0.1) is 5.82 Å². The van der Waals surface area contributed by atoms with Crippen molar-refractivity contribution < 1.29 is 4.39 Å². The minimum Gasteiger partial charge on any atom is -0.308 e. The topological polar surface area (TPSA) is 29.9 Å². The third kappa shape index (κ3) is 2.47. The lowest BCUT2D eigenvalue weighted by atomic mass is 10.0. The fourth-order valence-electron chi connectivity index (χ4n) is 2.03. The van der Waals surface area contributed by atoms with E-state index in [1.54, 1.807) is 12.3 Å². The average Bonchev–Trinajstić information content (AvgIpc) is 2.83. The Bertz CT molecular complexity index is 539. The summed E-state index contributed by atoms with van der Waals surface area (Å²) in [7, 11) is 1.86. The predicted octanol–water partition coefficient (Wildman–Crippen LogP) is 3.11. The van der Waals surface area contributed by atoms with Crippen LogP contribution in [-0.2, 0) is 6.54 Å². The quantitative estimate of drug-likeness (QED) is 0.940. The minimum atomic E-state index is -0.254. The molecule has 0 saturated carbocycles. The van der Waals surface area contributed by atoms with Crippen molar-refractivity contribution in [3.8, 4) is 0 Å². The molecular formula is C13H15BrFN3. The molecule has 0 aliphatic rings. The molecule has 0 aliphatic heterocycles. The Morgan fingerprint density at radius 2 is 2.22 bits per heavy atom. The standard InChI is InChI=1S/C13H15BrFN3/c1-3-18-12(6-7-17-18)13(16-2)9-4-5-10(14)11(15)8-9/h4-8,13,16H,3H2,1-2H3. The molecule has 1 atom stereocenters. The van der Waals surface area contributed by atoms with Crippen molar-refractivity contribution in [2.24, 2.45) is 0 Å². The van der Waals surface area contributed by atoms with Gasteiger partial charge in [-0.2, -0.15) is 5.10 Å². The van der Waals surface area contributed by atoms with Crippen LogP contribution in [0.15, 0.2) is 34.9 Å². The van der Waals surface area contributed by atoms with Gasteiger partial charge in [0.2, 0.25) is 0 Å². The lowest BCUT2D eigenvalue weighted by Crippen LogP contribution is -2.21. The Hall–Kier alpha value is -1.20. The molecule has 2 aromatic rings. The highest BCUT2D eigenvalue weighted by molar-refractivity contribution is 9.10. The molecule has 1 heterocycles. The molecule has 0 amide bonds. The van der Waals surface area contributed by atoms with Gasteiger partial charge in [-0.15, -0.1) is 0 Å². The maximum absolute atomic E-state index is 13.6. The first-order valence-corrected chi connectivity index (χ1v) is 6.60. The van der Waals surface area contributed by atoms with Crippen molar-refractivity contribution in [2.75, 3.05) is 7.05 Å². The highest BCUT2D eigenvalue weighted by atomic mass is 79.9. The summed E-state index contributed by atoms with van der Waals surface area (Å²) in [6, 6.07) is 7.06. The summed E-state index contributed by atoms with van der Waals surface area (Å²) in [5.41, 5.74) is 1.91. The first-order chi connectivity index (χ1) is 8.67. The zero-order valence-electron chi connectivity index (χ0n) is 10.3. The number of aromatic nitrogens is 2. The number of hydrogen-bond donors (Lipinski definition) is 1. The van der Waals surface area contributed by atoms with Gasteiger partial charge in [0.05, 0.1) is 16.2 Å². The summed E-state index contributed by atoms with van der Waals surface area (Å²) in [5.74, 6) is -0.254. The summed E-state index contributed by atoms with van der Waals surface area (Å²) in [5, 5.41) is 7.44. The van der Waals surface area contributed by atoms with E-state index in [4.69, 9.17) is 0 Å². The van der Waals surface area contributed by atoms with Crippen molar-refractivity contribution in [1.82, 2.24) is 15.1 Å². The Kier molecular flexibility index (Phi) is 4.14. The molecule has 1 aromatic carbocycles. The second-order valence-electron chi connectivity index (χ2n) is 3.97. The average molecular weight is 312 g/mol. The van der Waals surface area contributed by atoms with Gasteiger partial charge in [-0.05, 0) is 53.7 Å². The molecule has 1 unspecified atom stereocenters. The van der Waals surface area contributed by atoms with Crippen LogP contribution in [0.4, 0.5) is 4.39 Å². The van der Waals surface area contributed by atoms with Crippen molar-refractivity contribution in [1.29, 1.82) is 0 Å². The normalized spacial score (nSPS) is 12.7. The summed E-state index contributed by atoms with van der Waals surface area (Å²) < 4.78 is 16.0. The number of nitrogens with zero attached hydrogens (tertiary/aromatic N) is 2. The molecule has 0 aliphatic carbocycles. The monoisotopic (exact) mass is 311 g/mol. The molecule has 0 radical (unpaired) electrons. The third-order valence-electron chi connectivity index (χ3n) is 2.91. The van der Waals surface area contributed by atoms with Gasteiger partial charge in [-0.1, -0.05) is 6.07 Å². The Morgan fingerprint density at radius 1 is 1.44 bits per heavy atom. The van der Waals surface area contributed by atoms with Crippen LogP contribution in [0.5, 0.6) is 0 Å². The lowest BCUT2D eigenvalue weighted by molar-refractivity contribution is 0.558. The van der Waals surface area contributed by atoms with E-state index in [-0.39, 0.29) is 11.9 Å². The van der Waals surface area contributed by atoms with Gasteiger partial charge in [-0.25, -0.2) is 4.39 Å². The van der Waals surface area contributed by atoms with Crippen LogP contribution in [0.25, 0.3) is 0 Å². The van der Waals surface area contributed by atoms with Crippen LogP contribution in [-0.4, -0.2) is 16.8 Å². The van der Waals surface area contributed by atoms with Crippen LogP contribution in [0.1, 0.15) is 24.2 Å². The molecule has 1 N–H and O–H groups in total. The van der Waals surface area contributed by atoms with Crippen LogP contribution < -0.4 is 5.32 Å². The van der Waals surface area contributed by atoms with Crippen molar-refractivity contribution in [2.45, 2.75) is 19.5 Å². The van der Waals surface area contributed by atoms with Crippen LogP contribution in [0.2, 0.25) is 0 Å². The van der Waals surface area contributed by atoms with E-state index in [1.165, 1.54) is 6.07 Å². The van der Waals surface area contributed by atoms with E-state index in [1.807, 2.05) is 30.8 Å². The molecule has 18 heavy (non-hydrogen) atoms. The number of benzene rings is 1. The second-order valence-corrected chi connectivity index (χ2v) is 4.82. The molecule has 3 nitrogen and oxygen atoms in total. The molecule has 2 rings (SSSR count). The lowest BCUT2D eigenvalue weighted by Gasteiger charge is -2.18. The zero-order valence-corrected chi connectivity index (χ0v) is 11.9. The van der Waals surface area contributed by atoms with Crippen LogP contribution >= 0.6 is 15.9 Å². The van der Waals surface area contributed by atoms with Crippen molar-refractivity contribution in [3.05, 3.63) is 52.0 Å². The van der Waals surface area contributed by atoms with Gasteiger partial charge in [-0.3, -0.25) is 4.68 Å². The van der Waals surface area contributed by atoms with Crippen LogP contribution in [0.3, 0.4) is 0 Å². The molecule has 96 valence electrons. The predicted molar refractivity (Wildman–Crippen MR) is 72.9 cm³/mol. The molecular weight excluding hydrogens is 297 g/mol. The number of hydrogen-bond acceptors (Lipinski definition) is 2. The SMILES string of the molecule is CCn1nccc1C(NC)c1ccc(Br)c(F)c1. The van der Waals surface area contributed by atoms with E-state index < -0.39 is 0 Å². The van der Waals surface area contributed by atoms with Gasteiger partial charge in [0, 0.05) is 12.7 Å². The number of nitrogens with one attached hydrogen (secondary N) is 1. The number of rotatable bonds is 4. The summed E-state index contributed by atoms with van der Waals surface area (Å²) in [6.45, 7) is 2.82. The fourth-order valence-corrected chi connectivity index (χ4v) is 2.28. The molecule has 5 heteroatoms. The van der Waals surface area contributed by atoms with E-state index in [0.29, 0.717) is 4.47 Å². The summed E-state index contributed by atoms with van der Waals surface area (Å²) in [6.07, 6.45) is 1.76. The number of aryl methyl sites for hydroxylation is 1. The van der Waals surface area contributed by atoms with E-state index in [0.717, 1.165) is 17.8 Å². The minimum absolute atomic E-state index is 0.0601. The zero-order chi connectivity index (χ0) is 13.1. The first kappa shape index (κ1) is 13.2. The van der Waals surface area contributed by atoms with E-state index in [2.05, 4.69) is 26.3 Å². The van der Waals surface area contributed by atoms with E-state index >= 15 is 0 Å². The Labute approximate surface area is 114 Å². The maximum atomic E-state index is 13.6. The molecule has 0 bridgehead atoms. The number of halogens is 2. The van der Waals surface area contributed by atoms with Gasteiger partial charge >= 0.3 is 0 Å². The Morgan fingerprint density at radius 3 is 2.83 bits per heavy atom. The van der Waals surface area contributed by atoms with Crippen molar-refractivity contribution in [3.63, 3.8) is 0 Å². The molecule has 0 spiro atoms. The molecule has 1 aromatic heterocycles. The Balaban J connectivity index is 2.42. The largest absolute Gasteiger partial charge is 0.308 e. The van der Waals surface area contributed by atoms with Gasteiger partial charge < -0.3 is 5.32 Å². The van der Waals surface area contributed by atoms with Gasteiger partial charge in [0.25, 0.3) is 0 Å². The molecule has 0 fully saturated rings. The first-order valence-electron chi connectivity index (χ1n) is 5.81.